The Bertz CT molecular complexity index is 965. The van der Waals surface area contributed by atoms with Gasteiger partial charge >= 0.3 is 0 Å². The number of hydrogen-bond acceptors (Lipinski definition) is 3. The standard InChI is InChI=1S/C22H26N4O2/c1-4-20(27)24-16(3)22-25-18-12-8-9-13-19(18)26(22)14-21(28)23-15(2)17-10-6-5-7-11-17/h5-13,15-16H,4,14H2,1-3H3,(H,23,28)(H,24,27). The van der Waals surface area contributed by atoms with Gasteiger partial charge in [-0.15, -0.1) is 0 Å². The zero-order chi connectivity index (χ0) is 20.1. The molecule has 0 radical (unpaired) electrons. The maximum absolute atomic E-state index is 12.7. The third-order valence-corrected chi connectivity index (χ3v) is 4.75. The van der Waals surface area contributed by atoms with E-state index in [-0.39, 0.29) is 30.4 Å². The Kier molecular flexibility index (Phi) is 6.09. The number of carbonyl (C=O) groups is 2. The summed E-state index contributed by atoms with van der Waals surface area (Å²) in [5, 5.41) is 5.98. The summed E-state index contributed by atoms with van der Waals surface area (Å²) in [6.45, 7) is 5.79. The first-order valence-corrected chi connectivity index (χ1v) is 9.58. The van der Waals surface area contributed by atoms with Gasteiger partial charge in [-0.3, -0.25) is 9.59 Å². The highest BCUT2D eigenvalue weighted by Crippen LogP contribution is 2.21. The van der Waals surface area contributed by atoms with Crippen LogP contribution in [0.15, 0.2) is 54.6 Å². The van der Waals surface area contributed by atoms with E-state index in [1.54, 1.807) is 0 Å². The van der Waals surface area contributed by atoms with Gasteiger partial charge in [0, 0.05) is 6.42 Å². The van der Waals surface area contributed by atoms with Crippen LogP contribution in [0, 0.1) is 0 Å². The van der Waals surface area contributed by atoms with E-state index >= 15 is 0 Å². The lowest BCUT2D eigenvalue weighted by Gasteiger charge is -2.18. The lowest BCUT2D eigenvalue weighted by Crippen LogP contribution is -2.32. The molecule has 0 aliphatic heterocycles. The number of benzene rings is 2. The van der Waals surface area contributed by atoms with Crippen molar-refractivity contribution in [2.24, 2.45) is 0 Å². The lowest BCUT2D eigenvalue weighted by atomic mass is 10.1. The SMILES string of the molecule is CCC(=O)NC(C)c1nc2ccccc2n1CC(=O)NC(C)c1ccccc1. The van der Waals surface area contributed by atoms with Crippen LogP contribution in [-0.2, 0) is 16.1 Å². The summed E-state index contributed by atoms with van der Waals surface area (Å²) < 4.78 is 1.88. The summed E-state index contributed by atoms with van der Waals surface area (Å²) >= 11 is 0. The van der Waals surface area contributed by atoms with Gasteiger partial charge in [-0.05, 0) is 31.5 Å². The van der Waals surface area contributed by atoms with Crippen molar-refractivity contribution < 1.29 is 9.59 Å². The minimum absolute atomic E-state index is 0.0479. The number of nitrogens with zero attached hydrogens (tertiary/aromatic N) is 2. The van der Waals surface area contributed by atoms with Crippen LogP contribution >= 0.6 is 0 Å². The largest absolute Gasteiger partial charge is 0.348 e. The summed E-state index contributed by atoms with van der Waals surface area (Å²) in [5.41, 5.74) is 2.73. The molecule has 0 saturated carbocycles. The second kappa shape index (κ2) is 8.69. The third kappa shape index (κ3) is 4.39. The van der Waals surface area contributed by atoms with Crippen molar-refractivity contribution in [1.29, 1.82) is 0 Å². The van der Waals surface area contributed by atoms with Gasteiger partial charge in [0.15, 0.2) is 0 Å². The Morgan fingerprint density at radius 2 is 1.57 bits per heavy atom. The number of rotatable bonds is 7. The maximum atomic E-state index is 12.7. The molecular formula is C22H26N4O2. The molecule has 0 aliphatic carbocycles. The first-order valence-electron chi connectivity index (χ1n) is 9.58. The molecule has 0 spiro atoms. The smallest absolute Gasteiger partial charge is 0.240 e. The highest BCUT2D eigenvalue weighted by Gasteiger charge is 2.20. The van der Waals surface area contributed by atoms with Crippen LogP contribution in [-0.4, -0.2) is 21.4 Å². The fraction of sp³-hybridized carbons (Fsp3) is 0.318. The minimum Gasteiger partial charge on any atom is -0.348 e. The number of fused-ring (bicyclic) bond motifs is 1. The van der Waals surface area contributed by atoms with E-state index in [0.717, 1.165) is 16.6 Å². The van der Waals surface area contributed by atoms with Gasteiger partial charge in [-0.1, -0.05) is 49.4 Å². The van der Waals surface area contributed by atoms with E-state index in [1.165, 1.54) is 0 Å². The number of carbonyl (C=O) groups excluding carboxylic acids is 2. The van der Waals surface area contributed by atoms with Crippen LogP contribution in [0.25, 0.3) is 11.0 Å². The maximum Gasteiger partial charge on any atom is 0.240 e. The predicted octanol–water partition coefficient (Wildman–Crippen LogP) is 3.50. The van der Waals surface area contributed by atoms with Crippen LogP contribution in [0.2, 0.25) is 0 Å². The Morgan fingerprint density at radius 3 is 2.29 bits per heavy atom. The van der Waals surface area contributed by atoms with Crippen molar-refractivity contribution in [1.82, 2.24) is 20.2 Å². The fourth-order valence-corrected chi connectivity index (χ4v) is 3.25. The van der Waals surface area contributed by atoms with E-state index in [0.29, 0.717) is 12.2 Å². The average molecular weight is 378 g/mol. The number of hydrogen-bond donors (Lipinski definition) is 2. The van der Waals surface area contributed by atoms with E-state index in [9.17, 15) is 9.59 Å². The molecule has 0 bridgehead atoms. The van der Waals surface area contributed by atoms with Gasteiger partial charge in [0.25, 0.3) is 0 Å². The van der Waals surface area contributed by atoms with Gasteiger partial charge in [0.05, 0.1) is 23.1 Å². The van der Waals surface area contributed by atoms with Crippen LogP contribution in [0.4, 0.5) is 0 Å². The normalized spacial score (nSPS) is 13.1. The molecule has 2 atom stereocenters. The van der Waals surface area contributed by atoms with Gasteiger partial charge in [-0.2, -0.15) is 0 Å². The molecule has 146 valence electrons. The van der Waals surface area contributed by atoms with Crippen molar-refractivity contribution >= 4 is 22.8 Å². The Hall–Kier alpha value is -3.15. The van der Waals surface area contributed by atoms with Gasteiger partial charge in [0.2, 0.25) is 11.8 Å². The van der Waals surface area contributed by atoms with Crippen molar-refractivity contribution in [3.63, 3.8) is 0 Å². The molecule has 3 rings (SSSR count). The molecule has 0 fully saturated rings. The monoisotopic (exact) mass is 378 g/mol. The van der Waals surface area contributed by atoms with Gasteiger partial charge < -0.3 is 15.2 Å². The second-order valence-corrected chi connectivity index (χ2v) is 6.89. The summed E-state index contributed by atoms with van der Waals surface area (Å²) in [4.78, 5) is 29.2. The first-order chi connectivity index (χ1) is 13.5. The number of para-hydroxylation sites is 2. The molecule has 0 saturated heterocycles. The van der Waals surface area contributed by atoms with Crippen molar-refractivity contribution in [2.75, 3.05) is 0 Å². The fourth-order valence-electron chi connectivity index (χ4n) is 3.25. The van der Waals surface area contributed by atoms with E-state index < -0.39 is 0 Å². The van der Waals surface area contributed by atoms with E-state index in [1.807, 2.05) is 79.9 Å². The molecule has 6 nitrogen and oxygen atoms in total. The number of imidazole rings is 1. The van der Waals surface area contributed by atoms with Crippen molar-refractivity contribution in [3.8, 4) is 0 Å². The molecule has 2 amide bonds. The highest BCUT2D eigenvalue weighted by molar-refractivity contribution is 5.82. The zero-order valence-corrected chi connectivity index (χ0v) is 16.5. The quantitative estimate of drug-likeness (QED) is 0.661. The van der Waals surface area contributed by atoms with E-state index in [2.05, 4.69) is 15.6 Å². The highest BCUT2D eigenvalue weighted by atomic mass is 16.2. The predicted molar refractivity (Wildman–Crippen MR) is 110 cm³/mol. The molecule has 28 heavy (non-hydrogen) atoms. The molecule has 2 unspecified atom stereocenters. The second-order valence-electron chi connectivity index (χ2n) is 6.89. The zero-order valence-electron chi connectivity index (χ0n) is 16.5. The average Bonchev–Trinajstić information content (AvgIpc) is 3.07. The molecule has 2 N–H and O–H groups in total. The van der Waals surface area contributed by atoms with Crippen LogP contribution in [0.5, 0.6) is 0 Å². The topological polar surface area (TPSA) is 76.0 Å². The van der Waals surface area contributed by atoms with Crippen LogP contribution < -0.4 is 10.6 Å². The molecular weight excluding hydrogens is 352 g/mol. The lowest BCUT2D eigenvalue weighted by molar-refractivity contribution is -0.122. The van der Waals surface area contributed by atoms with Crippen molar-refractivity contribution in [3.05, 3.63) is 66.0 Å². The number of amides is 2. The molecule has 3 aromatic rings. The van der Waals surface area contributed by atoms with Gasteiger partial charge in [-0.25, -0.2) is 4.98 Å². The number of aromatic nitrogens is 2. The Balaban J connectivity index is 1.83. The summed E-state index contributed by atoms with van der Waals surface area (Å²) in [7, 11) is 0. The Labute approximate surface area is 165 Å². The molecule has 0 aliphatic rings. The summed E-state index contributed by atoms with van der Waals surface area (Å²) in [6, 6.07) is 17.1. The molecule has 1 heterocycles. The van der Waals surface area contributed by atoms with Gasteiger partial charge in [0.1, 0.15) is 12.4 Å². The molecule has 6 heteroatoms. The number of nitrogens with one attached hydrogen (secondary N) is 2. The van der Waals surface area contributed by atoms with Crippen LogP contribution in [0.3, 0.4) is 0 Å². The van der Waals surface area contributed by atoms with Crippen molar-refractivity contribution in [2.45, 2.75) is 45.8 Å². The van der Waals surface area contributed by atoms with E-state index in [4.69, 9.17) is 0 Å². The molecule has 2 aromatic carbocycles. The molecule has 1 aromatic heterocycles. The minimum atomic E-state index is -0.292. The van der Waals surface area contributed by atoms with Crippen LogP contribution in [0.1, 0.15) is 50.7 Å². The summed E-state index contributed by atoms with van der Waals surface area (Å²) in [5.74, 6) is 0.522. The Morgan fingerprint density at radius 1 is 0.929 bits per heavy atom. The first kappa shape index (κ1) is 19.6. The third-order valence-electron chi connectivity index (χ3n) is 4.75. The summed E-state index contributed by atoms with van der Waals surface area (Å²) in [6.07, 6.45) is 0.402.